The molecule has 0 aliphatic rings. The molecule has 0 aliphatic carbocycles. The maximum absolute atomic E-state index is 10.4. The zero-order chi connectivity index (χ0) is 13.8. The van der Waals surface area contributed by atoms with E-state index in [1.54, 1.807) is 4.68 Å². The molecule has 0 fully saturated rings. The van der Waals surface area contributed by atoms with Gasteiger partial charge in [0.1, 0.15) is 0 Å². The number of aromatic nitrogens is 2. The molecular weight excluding hydrogens is 236 g/mol. The van der Waals surface area contributed by atoms with Gasteiger partial charge in [0, 0.05) is 5.56 Å². The van der Waals surface area contributed by atoms with Crippen molar-refractivity contribution in [3.05, 3.63) is 41.6 Å². The largest absolute Gasteiger partial charge is 0.493 e. The van der Waals surface area contributed by atoms with Gasteiger partial charge in [0.15, 0.2) is 0 Å². The highest BCUT2D eigenvalue weighted by molar-refractivity contribution is 5.42. The molecule has 0 radical (unpaired) electrons. The highest BCUT2D eigenvalue weighted by Crippen LogP contribution is 2.31. The van der Waals surface area contributed by atoms with Crippen molar-refractivity contribution in [2.75, 3.05) is 0 Å². The Labute approximate surface area is 114 Å². The van der Waals surface area contributed by atoms with Crippen LogP contribution in [0.2, 0.25) is 0 Å². The van der Waals surface area contributed by atoms with E-state index in [1.165, 1.54) is 0 Å². The van der Waals surface area contributed by atoms with Crippen LogP contribution < -0.4 is 0 Å². The van der Waals surface area contributed by atoms with Gasteiger partial charge in [-0.05, 0) is 30.9 Å². The minimum absolute atomic E-state index is 0.282. The molecule has 3 heteroatoms. The second-order valence-electron chi connectivity index (χ2n) is 5.19. The molecule has 0 atom stereocenters. The molecule has 3 nitrogen and oxygen atoms in total. The van der Waals surface area contributed by atoms with Crippen LogP contribution in [0.1, 0.15) is 50.8 Å². The summed E-state index contributed by atoms with van der Waals surface area (Å²) in [5.74, 6) is 0.566. The summed E-state index contributed by atoms with van der Waals surface area (Å²) >= 11 is 0. The molecule has 0 spiro atoms. The van der Waals surface area contributed by atoms with E-state index in [1.807, 2.05) is 30.3 Å². The maximum Gasteiger partial charge on any atom is 0.217 e. The van der Waals surface area contributed by atoms with Crippen LogP contribution in [0, 0.1) is 0 Å². The first-order valence-electron chi connectivity index (χ1n) is 7.01. The van der Waals surface area contributed by atoms with Crippen molar-refractivity contribution in [3.63, 3.8) is 0 Å². The molecule has 1 aromatic carbocycles. The minimum atomic E-state index is 0.282. The number of aryl methyl sites for hydroxylation is 1. The summed E-state index contributed by atoms with van der Waals surface area (Å²) in [5.41, 5.74) is 2.92. The van der Waals surface area contributed by atoms with E-state index in [2.05, 4.69) is 25.9 Å². The Balaban J connectivity index is 2.46. The number of para-hydroxylation sites is 1. The highest BCUT2D eigenvalue weighted by atomic mass is 16.3. The number of aromatic hydroxyl groups is 1. The van der Waals surface area contributed by atoms with Gasteiger partial charge >= 0.3 is 0 Å². The molecule has 1 aromatic heterocycles. The van der Waals surface area contributed by atoms with Crippen molar-refractivity contribution in [1.82, 2.24) is 9.78 Å². The zero-order valence-electron chi connectivity index (χ0n) is 11.9. The van der Waals surface area contributed by atoms with Crippen LogP contribution in [0.15, 0.2) is 30.3 Å². The Kier molecular flexibility index (Phi) is 4.25. The first-order chi connectivity index (χ1) is 9.15. The number of nitrogens with zero attached hydrogens (tertiary/aromatic N) is 2. The Morgan fingerprint density at radius 3 is 2.47 bits per heavy atom. The van der Waals surface area contributed by atoms with Crippen molar-refractivity contribution >= 4 is 0 Å². The molecule has 1 heterocycles. The molecule has 1 N–H and O–H groups in total. The summed E-state index contributed by atoms with van der Waals surface area (Å²) in [6.45, 7) is 6.37. The summed E-state index contributed by atoms with van der Waals surface area (Å²) < 4.78 is 1.65. The van der Waals surface area contributed by atoms with E-state index in [-0.39, 0.29) is 11.8 Å². The average molecular weight is 258 g/mol. The van der Waals surface area contributed by atoms with Crippen LogP contribution in [-0.2, 0) is 6.42 Å². The molecule has 0 saturated carbocycles. The predicted molar refractivity (Wildman–Crippen MR) is 77.9 cm³/mol. The van der Waals surface area contributed by atoms with E-state index in [9.17, 15) is 5.11 Å². The van der Waals surface area contributed by atoms with Crippen molar-refractivity contribution in [2.24, 2.45) is 0 Å². The standard InChI is InChI=1S/C16H22N2O/c1-4-5-11-14-15(12(2)3)16(19)18(17-14)13-9-7-6-8-10-13/h6-10,12,19H,4-5,11H2,1-3H3. The van der Waals surface area contributed by atoms with Gasteiger partial charge in [-0.2, -0.15) is 5.10 Å². The Morgan fingerprint density at radius 1 is 1.21 bits per heavy atom. The van der Waals surface area contributed by atoms with Gasteiger partial charge in [0.05, 0.1) is 11.4 Å². The highest BCUT2D eigenvalue weighted by Gasteiger charge is 2.20. The number of hydrogen-bond donors (Lipinski definition) is 1. The second kappa shape index (κ2) is 5.91. The number of unbranched alkanes of at least 4 members (excludes halogenated alkanes) is 1. The normalized spacial score (nSPS) is 11.2. The lowest BCUT2D eigenvalue weighted by Gasteiger charge is -2.06. The molecule has 0 unspecified atom stereocenters. The molecule has 2 aromatic rings. The predicted octanol–water partition coefficient (Wildman–Crippen LogP) is 4.04. The van der Waals surface area contributed by atoms with Crippen LogP contribution in [0.3, 0.4) is 0 Å². The van der Waals surface area contributed by atoms with Gasteiger partial charge in [0.25, 0.3) is 0 Å². The number of hydrogen-bond acceptors (Lipinski definition) is 2. The Morgan fingerprint density at radius 2 is 1.89 bits per heavy atom. The smallest absolute Gasteiger partial charge is 0.217 e. The van der Waals surface area contributed by atoms with E-state index in [0.717, 1.165) is 36.2 Å². The summed E-state index contributed by atoms with van der Waals surface area (Å²) in [6.07, 6.45) is 3.17. The summed E-state index contributed by atoms with van der Waals surface area (Å²) in [7, 11) is 0. The Bertz CT molecular complexity index is 529. The van der Waals surface area contributed by atoms with Crippen molar-refractivity contribution in [3.8, 4) is 11.6 Å². The fourth-order valence-electron chi connectivity index (χ4n) is 2.33. The molecule has 102 valence electrons. The summed E-state index contributed by atoms with van der Waals surface area (Å²) in [6, 6.07) is 9.79. The second-order valence-corrected chi connectivity index (χ2v) is 5.19. The third-order valence-corrected chi connectivity index (χ3v) is 3.32. The van der Waals surface area contributed by atoms with Gasteiger partial charge in [-0.3, -0.25) is 0 Å². The zero-order valence-corrected chi connectivity index (χ0v) is 11.9. The van der Waals surface area contributed by atoms with Gasteiger partial charge in [-0.25, -0.2) is 4.68 Å². The van der Waals surface area contributed by atoms with E-state index in [0.29, 0.717) is 0 Å². The Hall–Kier alpha value is -1.77. The minimum Gasteiger partial charge on any atom is -0.493 e. The first-order valence-corrected chi connectivity index (χ1v) is 7.01. The SMILES string of the molecule is CCCCc1nn(-c2ccccc2)c(O)c1C(C)C. The molecule has 0 bridgehead atoms. The number of benzene rings is 1. The quantitative estimate of drug-likeness (QED) is 0.878. The molecule has 19 heavy (non-hydrogen) atoms. The van der Waals surface area contributed by atoms with Crippen molar-refractivity contribution in [1.29, 1.82) is 0 Å². The summed E-state index contributed by atoms with van der Waals surface area (Å²) in [5, 5.41) is 15.0. The fraction of sp³-hybridized carbons (Fsp3) is 0.438. The maximum atomic E-state index is 10.4. The van der Waals surface area contributed by atoms with Gasteiger partial charge in [-0.1, -0.05) is 45.4 Å². The van der Waals surface area contributed by atoms with Crippen molar-refractivity contribution in [2.45, 2.75) is 46.0 Å². The lowest BCUT2D eigenvalue weighted by molar-refractivity contribution is 0.425. The average Bonchev–Trinajstić information content (AvgIpc) is 2.74. The van der Waals surface area contributed by atoms with Gasteiger partial charge in [-0.15, -0.1) is 0 Å². The van der Waals surface area contributed by atoms with Crippen LogP contribution in [0.4, 0.5) is 0 Å². The van der Waals surface area contributed by atoms with Crippen LogP contribution in [0.5, 0.6) is 5.88 Å². The molecule has 0 amide bonds. The van der Waals surface area contributed by atoms with E-state index in [4.69, 9.17) is 0 Å². The summed E-state index contributed by atoms with van der Waals surface area (Å²) in [4.78, 5) is 0. The lowest BCUT2D eigenvalue weighted by Crippen LogP contribution is -1.96. The van der Waals surface area contributed by atoms with Crippen LogP contribution >= 0.6 is 0 Å². The molecule has 0 saturated heterocycles. The monoisotopic (exact) mass is 258 g/mol. The van der Waals surface area contributed by atoms with Gasteiger partial charge < -0.3 is 5.11 Å². The number of rotatable bonds is 5. The lowest BCUT2D eigenvalue weighted by atomic mass is 10.0. The molecular formula is C16H22N2O. The molecule has 0 aliphatic heterocycles. The van der Waals surface area contributed by atoms with E-state index < -0.39 is 0 Å². The van der Waals surface area contributed by atoms with Gasteiger partial charge in [0.2, 0.25) is 5.88 Å². The van der Waals surface area contributed by atoms with Crippen LogP contribution in [-0.4, -0.2) is 14.9 Å². The van der Waals surface area contributed by atoms with E-state index >= 15 is 0 Å². The fourth-order valence-corrected chi connectivity index (χ4v) is 2.33. The van der Waals surface area contributed by atoms with Crippen LogP contribution in [0.25, 0.3) is 5.69 Å². The van der Waals surface area contributed by atoms with Crippen molar-refractivity contribution < 1.29 is 5.11 Å². The third-order valence-electron chi connectivity index (χ3n) is 3.32. The topological polar surface area (TPSA) is 38.0 Å². The first kappa shape index (κ1) is 13.7. The molecule has 2 rings (SSSR count). The third kappa shape index (κ3) is 2.80.